The maximum Gasteiger partial charge on any atom is 0.224 e. The SMILES string of the molecule is CC(C)CCCC(=O)Nc1ccc(-c2c(C#N)c3ccc(OCCCN4CCOCC4)cc3n2C2CCC2)cc1. The molecule has 0 radical (unpaired) electrons. The minimum atomic E-state index is 0.0483. The first kappa shape index (κ1) is 28.2. The topological polar surface area (TPSA) is 79.5 Å². The lowest BCUT2D eigenvalue weighted by atomic mass is 9.92. The van der Waals surface area contributed by atoms with Crippen LogP contribution in [-0.2, 0) is 9.53 Å². The van der Waals surface area contributed by atoms with E-state index in [9.17, 15) is 10.1 Å². The van der Waals surface area contributed by atoms with Gasteiger partial charge in [0.05, 0.1) is 36.6 Å². The van der Waals surface area contributed by atoms with Crippen molar-refractivity contribution in [2.45, 2.75) is 64.8 Å². The molecule has 2 aromatic carbocycles. The van der Waals surface area contributed by atoms with Gasteiger partial charge in [-0.25, -0.2) is 0 Å². The highest BCUT2D eigenvalue weighted by Gasteiger charge is 2.28. The summed E-state index contributed by atoms with van der Waals surface area (Å²) in [5.41, 5.74) is 4.50. The summed E-state index contributed by atoms with van der Waals surface area (Å²) in [4.78, 5) is 14.8. The number of carbonyl (C=O) groups excluding carboxylic acids is 1. The van der Waals surface area contributed by atoms with Crippen LogP contribution >= 0.6 is 0 Å². The molecule has 1 saturated carbocycles. The Morgan fingerprint density at radius 3 is 2.58 bits per heavy atom. The van der Waals surface area contributed by atoms with Crippen molar-refractivity contribution >= 4 is 22.5 Å². The first-order valence-electron chi connectivity index (χ1n) is 14.9. The van der Waals surface area contributed by atoms with Crippen molar-refractivity contribution < 1.29 is 14.3 Å². The highest BCUT2D eigenvalue weighted by Crippen LogP contribution is 2.43. The zero-order valence-electron chi connectivity index (χ0n) is 24.0. The van der Waals surface area contributed by atoms with Crippen molar-refractivity contribution in [2.24, 2.45) is 5.92 Å². The van der Waals surface area contributed by atoms with E-state index in [1.807, 2.05) is 36.4 Å². The molecule has 1 aromatic heterocycles. The molecule has 0 unspecified atom stereocenters. The Morgan fingerprint density at radius 2 is 1.90 bits per heavy atom. The number of nitrogens with zero attached hydrogens (tertiary/aromatic N) is 3. The third-order valence-corrected chi connectivity index (χ3v) is 8.15. The van der Waals surface area contributed by atoms with Gasteiger partial charge < -0.3 is 19.4 Å². The van der Waals surface area contributed by atoms with Gasteiger partial charge >= 0.3 is 0 Å². The fourth-order valence-corrected chi connectivity index (χ4v) is 5.71. The molecule has 3 aromatic rings. The van der Waals surface area contributed by atoms with E-state index in [-0.39, 0.29) is 5.91 Å². The molecule has 212 valence electrons. The molecule has 5 rings (SSSR count). The summed E-state index contributed by atoms with van der Waals surface area (Å²) in [7, 11) is 0. The van der Waals surface area contributed by atoms with Gasteiger partial charge in [-0.3, -0.25) is 9.69 Å². The number of aromatic nitrogens is 1. The summed E-state index contributed by atoms with van der Waals surface area (Å²) < 4.78 is 14.0. The van der Waals surface area contributed by atoms with Gasteiger partial charge in [-0.1, -0.05) is 32.4 Å². The lowest BCUT2D eigenvalue weighted by Crippen LogP contribution is -2.37. The van der Waals surface area contributed by atoms with Gasteiger partial charge in [0.25, 0.3) is 0 Å². The van der Waals surface area contributed by atoms with E-state index in [0.717, 1.165) is 98.5 Å². The maximum atomic E-state index is 12.4. The third kappa shape index (κ3) is 6.68. The van der Waals surface area contributed by atoms with Gasteiger partial charge in [-0.15, -0.1) is 0 Å². The van der Waals surface area contributed by atoms with Crippen LogP contribution in [0.4, 0.5) is 5.69 Å². The lowest BCUT2D eigenvalue weighted by molar-refractivity contribution is -0.116. The average Bonchev–Trinajstić information content (AvgIpc) is 3.24. The summed E-state index contributed by atoms with van der Waals surface area (Å²) in [6, 6.07) is 17.0. The number of hydrogen-bond donors (Lipinski definition) is 1. The number of ether oxygens (including phenoxy) is 2. The number of benzene rings is 2. The van der Waals surface area contributed by atoms with E-state index in [1.165, 1.54) is 6.42 Å². The van der Waals surface area contributed by atoms with Crippen molar-refractivity contribution in [1.82, 2.24) is 9.47 Å². The molecular weight excluding hydrogens is 500 g/mol. The van der Waals surface area contributed by atoms with Gasteiger partial charge in [0.15, 0.2) is 0 Å². The average molecular weight is 543 g/mol. The summed E-state index contributed by atoms with van der Waals surface area (Å²) in [6.07, 6.45) is 6.87. The number of morpholine rings is 1. The Labute approximate surface area is 238 Å². The molecule has 7 heteroatoms. The fourth-order valence-electron chi connectivity index (χ4n) is 5.71. The zero-order valence-corrected chi connectivity index (χ0v) is 24.0. The predicted octanol–water partition coefficient (Wildman–Crippen LogP) is 6.77. The van der Waals surface area contributed by atoms with Crippen LogP contribution in [0.25, 0.3) is 22.2 Å². The number of rotatable bonds is 12. The maximum absolute atomic E-state index is 12.4. The summed E-state index contributed by atoms with van der Waals surface area (Å²) in [6.45, 7) is 9.65. The van der Waals surface area contributed by atoms with Crippen LogP contribution in [-0.4, -0.2) is 54.8 Å². The van der Waals surface area contributed by atoms with Crippen molar-refractivity contribution in [3.63, 3.8) is 0 Å². The molecule has 1 N–H and O–H groups in total. The predicted molar refractivity (Wildman–Crippen MR) is 160 cm³/mol. The summed E-state index contributed by atoms with van der Waals surface area (Å²) in [5, 5.41) is 14.3. The second kappa shape index (κ2) is 13.3. The van der Waals surface area contributed by atoms with E-state index in [0.29, 0.717) is 30.6 Å². The Balaban J connectivity index is 1.34. The van der Waals surface area contributed by atoms with E-state index >= 15 is 0 Å². The molecule has 1 aliphatic carbocycles. The number of hydrogen-bond acceptors (Lipinski definition) is 5. The number of amides is 1. The first-order chi connectivity index (χ1) is 19.5. The molecule has 1 saturated heterocycles. The van der Waals surface area contributed by atoms with E-state index in [2.05, 4.69) is 40.8 Å². The molecule has 2 heterocycles. The minimum Gasteiger partial charge on any atom is -0.493 e. The minimum absolute atomic E-state index is 0.0483. The smallest absolute Gasteiger partial charge is 0.224 e. The molecule has 2 aliphatic rings. The van der Waals surface area contributed by atoms with E-state index in [4.69, 9.17) is 9.47 Å². The van der Waals surface area contributed by atoms with Crippen molar-refractivity contribution in [1.29, 1.82) is 5.26 Å². The molecule has 0 bridgehead atoms. The molecule has 2 fully saturated rings. The van der Waals surface area contributed by atoms with Crippen molar-refractivity contribution in [3.05, 3.63) is 48.0 Å². The van der Waals surface area contributed by atoms with Gasteiger partial charge in [0.1, 0.15) is 11.8 Å². The Morgan fingerprint density at radius 1 is 1.12 bits per heavy atom. The van der Waals surface area contributed by atoms with Gasteiger partial charge in [-0.05, 0) is 67.9 Å². The van der Waals surface area contributed by atoms with Crippen LogP contribution in [0.5, 0.6) is 5.75 Å². The number of carbonyl (C=O) groups is 1. The Kier molecular flexibility index (Phi) is 9.41. The number of fused-ring (bicyclic) bond motifs is 1. The number of nitriles is 1. The molecule has 0 spiro atoms. The molecule has 1 amide bonds. The highest BCUT2D eigenvalue weighted by molar-refractivity contribution is 5.96. The second-order valence-corrected chi connectivity index (χ2v) is 11.5. The molecule has 40 heavy (non-hydrogen) atoms. The molecule has 1 aliphatic heterocycles. The zero-order chi connectivity index (χ0) is 27.9. The van der Waals surface area contributed by atoms with Gasteiger partial charge in [-0.2, -0.15) is 5.26 Å². The normalized spacial score (nSPS) is 16.1. The van der Waals surface area contributed by atoms with Crippen LogP contribution in [0.3, 0.4) is 0 Å². The monoisotopic (exact) mass is 542 g/mol. The van der Waals surface area contributed by atoms with E-state index in [1.54, 1.807) is 0 Å². The Bertz CT molecular complexity index is 1330. The van der Waals surface area contributed by atoms with Crippen LogP contribution < -0.4 is 10.1 Å². The van der Waals surface area contributed by atoms with Crippen molar-refractivity contribution in [3.8, 4) is 23.1 Å². The lowest BCUT2D eigenvalue weighted by Gasteiger charge is -2.30. The standard InChI is InChI=1S/C33H42N4O3/c1-24(2)6-3-9-32(38)35-26-12-10-25(11-13-26)33-30(23-34)29-15-14-28(22-31(29)37(33)27-7-4-8-27)40-19-5-16-36-17-20-39-21-18-36/h10-15,22,24,27H,3-9,16-21H2,1-2H3,(H,35,38). The largest absolute Gasteiger partial charge is 0.493 e. The number of nitrogens with one attached hydrogen (secondary N) is 1. The van der Waals surface area contributed by atoms with Crippen LogP contribution in [0.1, 0.15) is 70.4 Å². The molecule has 7 nitrogen and oxygen atoms in total. The van der Waals surface area contributed by atoms with Crippen LogP contribution in [0.2, 0.25) is 0 Å². The van der Waals surface area contributed by atoms with Gasteiger partial charge in [0.2, 0.25) is 5.91 Å². The molecule has 0 atom stereocenters. The van der Waals surface area contributed by atoms with Gasteiger partial charge in [0, 0.05) is 49.2 Å². The van der Waals surface area contributed by atoms with Crippen LogP contribution in [0.15, 0.2) is 42.5 Å². The van der Waals surface area contributed by atoms with Crippen molar-refractivity contribution in [2.75, 3.05) is 44.8 Å². The fraction of sp³-hybridized carbons (Fsp3) is 0.515. The first-order valence-corrected chi connectivity index (χ1v) is 14.9. The number of anilines is 1. The third-order valence-electron chi connectivity index (χ3n) is 8.15. The molecular formula is C33H42N4O3. The van der Waals surface area contributed by atoms with Crippen LogP contribution in [0, 0.1) is 17.2 Å². The summed E-state index contributed by atoms with van der Waals surface area (Å²) in [5.74, 6) is 1.50. The Hall–Kier alpha value is -3.34. The van der Waals surface area contributed by atoms with E-state index < -0.39 is 0 Å². The quantitative estimate of drug-likeness (QED) is 0.256. The second-order valence-electron chi connectivity index (χ2n) is 11.5. The summed E-state index contributed by atoms with van der Waals surface area (Å²) >= 11 is 0. The highest BCUT2D eigenvalue weighted by atomic mass is 16.5.